The molecule has 0 amide bonds. The normalized spacial score (nSPS) is 11.1. The van der Waals surface area contributed by atoms with E-state index in [2.05, 4.69) is 10.4 Å². The molecular formula is C23H24ClN5O. The summed E-state index contributed by atoms with van der Waals surface area (Å²) in [5.74, 6) is 0.811. The van der Waals surface area contributed by atoms with Crippen LogP contribution in [-0.4, -0.2) is 26.7 Å². The van der Waals surface area contributed by atoms with E-state index in [1.165, 1.54) is 5.56 Å². The van der Waals surface area contributed by atoms with E-state index in [0.717, 1.165) is 40.5 Å². The third-order valence-electron chi connectivity index (χ3n) is 5.00. The maximum atomic E-state index is 6.48. The number of nitrogens with zero attached hydrogens (tertiary/aromatic N) is 4. The molecule has 0 fully saturated rings. The number of hydrogen-bond donors (Lipinski definition) is 1. The van der Waals surface area contributed by atoms with E-state index >= 15 is 0 Å². The summed E-state index contributed by atoms with van der Waals surface area (Å²) in [6.07, 6.45) is 4.08. The summed E-state index contributed by atoms with van der Waals surface area (Å²) in [5, 5.41) is 13.5. The van der Waals surface area contributed by atoms with Crippen LogP contribution in [0.15, 0.2) is 60.9 Å². The molecule has 0 aliphatic carbocycles. The molecule has 2 aromatic carbocycles. The van der Waals surface area contributed by atoms with E-state index < -0.39 is 0 Å². The van der Waals surface area contributed by atoms with Crippen molar-refractivity contribution in [2.45, 2.75) is 20.0 Å². The lowest BCUT2D eigenvalue weighted by molar-refractivity contribution is 0.414. The summed E-state index contributed by atoms with van der Waals surface area (Å²) in [4.78, 5) is 0. The van der Waals surface area contributed by atoms with Crippen LogP contribution >= 0.6 is 11.6 Å². The van der Waals surface area contributed by atoms with E-state index in [1.807, 2.05) is 84.3 Å². The number of halogens is 1. The minimum Gasteiger partial charge on any atom is -0.497 e. The number of benzene rings is 2. The van der Waals surface area contributed by atoms with Crippen LogP contribution in [0.3, 0.4) is 0 Å². The Morgan fingerprint density at radius 1 is 0.967 bits per heavy atom. The fraction of sp³-hybridized carbons (Fsp3) is 0.217. The molecule has 0 bridgehead atoms. The van der Waals surface area contributed by atoms with Gasteiger partial charge in [0.15, 0.2) is 0 Å². The number of rotatable bonds is 7. The van der Waals surface area contributed by atoms with Crippen LogP contribution in [0.5, 0.6) is 5.75 Å². The molecule has 1 N–H and O–H groups in total. The van der Waals surface area contributed by atoms with Crippen molar-refractivity contribution in [3.05, 3.63) is 82.8 Å². The maximum Gasteiger partial charge on any atom is 0.119 e. The van der Waals surface area contributed by atoms with Gasteiger partial charge in [-0.15, -0.1) is 0 Å². The molecule has 2 aromatic heterocycles. The first-order valence-corrected chi connectivity index (χ1v) is 10.1. The number of aryl methyl sites for hydroxylation is 2. The SMILES string of the molecule is COc1ccc(-n2cc(CNCc3cn(C)nc3C)c(-c3ccccc3Cl)n2)cc1. The molecule has 0 saturated heterocycles. The van der Waals surface area contributed by atoms with Crippen LogP contribution in [0.4, 0.5) is 0 Å². The molecule has 0 unspecified atom stereocenters. The van der Waals surface area contributed by atoms with Crippen molar-refractivity contribution in [3.8, 4) is 22.7 Å². The van der Waals surface area contributed by atoms with Gasteiger partial charge < -0.3 is 10.1 Å². The Balaban J connectivity index is 1.63. The number of nitrogens with one attached hydrogen (secondary N) is 1. The smallest absolute Gasteiger partial charge is 0.119 e. The first kappa shape index (κ1) is 20.2. The Labute approximate surface area is 181 Å². The molecule has 154 valence electrons. The molecule has 0 spiro atoms. The Morgan fingerprint density at radius 3 is 2.37 bits per heavy atom. The van der Waals surface area contributed by atoms with Crippen LogP contribution in [0.2, 0.25) is 5.02 Å². The standard InChI is InChI=1S/C23H24ClN5O/c1-16-17(14-28(2)26-16)12-25-13-18-15-29(19-8-10-20(30-3)11-9-19)27-23(18)21-6-4-5-7-22(21)24/h4-11,14-15,25H,12-13H2,1-3H3. The zero-order chi connectivity index (χ0) is 21.1. The van der Waals surface area contributed by atoms with E-state index in [4.69, 9.17) is 21.4 Å². The second-order valence-electron chi connectivity index (χ2n) is 7.14. The molecule has 0 aliphatic rings. The monoisotopic (exact) mass is 421 g/mol. The zero-order valence-electron chi connectivity index (χ0n) is 17.3. The van der Waals surface area contributed by atoms with Crippen LogP contribution < -0.4 is 10.1 Å². The molecule has 0 radical (unpaired) electrons. The molecule has 0 atom stereocenters. The Morgan fingerprint density at radius 2 is 1.70 bits per heavy atom. The van der Waals surface area contributed by atoms with Gasteiger partial charge in [0.25, 0.3) is 0 Å². The van der Waals surface area contributed by atoms with Crippen molar-refractivity contribution in [1.29, 1.82) is 0 Å². The lowest BCUT2D eigenvalue weighted by Crippen LogP contribution is -2.13. The lowest BCUT2D eigenvalue weighted by atomic mass is 10.1. The van der Waals surface area contributed by atoms with E-state index in [1.54, 1.807) is 7.11 Å². The zero-order valence-corrected chi connectivity index (χ0v) is 18.0. The lowest BCUT2D eigenvalue weighted by Gasteiger charge is -2.06. The molecule has 7 heteroatoms. The summed E-state index contributed by atoms with van der Waals surface area (Å²) < 4.78 is 8.98. The molecule has 0 saturated carbocycles. The van der Waals surface area contributed by atoms with Gasteiger partial charge in [0.05, 0.1) is 29.2 Å². The van der Waals surface area contributed by atoms with Crippen molar-refractivity contribution in [3.63, 3.8) is 0 Å². The van der Waals surface area contributed by atoms with Crippen LogP contribution in [0, 0.1) is 6.92 Å². The van der Waals surface area contributed by atoms with Gasteiger partial charge in [0.2, 0.25) is 0 Å². The summed E-state index contributed by atoms with van der Waals surface area (Å²) in [6.45, 7) is 3.41. The average molecular weight is 422 g/mol. The number of ether oxygens (including phenoxy) is 1. The van der Waals surface area contributed by atoms with Crippen LogP contribution in [-0.2, 0) is 20.1 Å². The fourth-order valence-corrected chi connectivity index (χ4v) is 3.67. The average Bonchev–Trinajstić information content (AvgIpc) is 3.31. The highest BCUT2D eigenvalue weighted by Gasteiger charge is 2.15. The van der Waals surface area contributed by atoms with E-state index in [-0.39, 0.29) is 0 Å². The predicted octanol–water partition coefficient (Wildman–Crippen LogP) is 4.53. The van der Waals surface area contributed by atoms with E-state index in [9.17, 15) is 0 Å². The first-order chi connectivity index (χ1) is 14.5. The summed E-state index contributed by atoms with van der Waals surface area (Å²) in [7, 11) is 3.59. The Kier molecular flexibility index (Phi) is 5.88. The van der Waals surface area contributed by atoms with Gasteiger partial charge in [-0.25, -0.2) is 4.68 Å². The summed E-state index contributed by atoms with van der Waals surface area (Å²) in [5.41, 5.74) is 6.02. The highest BCUT2D eigenvalue weighted by molar-refractivity contribution is 6.33. The first-order valence-electron chi connectivity index (χ1n) is 9.73. The molecule has 2 heterocycles. The van der Waals surface area contributed by atoms with Crippen molar-refractivity contribution >= 4 is 11.6 Å². The van der Waals surface area contributed by atoms with Gasteiger partial charge >= 0.3 is 0 Å². The highest BCUT2D eigenvalue weighted by Crippen LogP contribution is 2.30. The van der Waals surface area contributed by atoms with Gasteiger partial charge in [-0.05, 0) is 37.3 Å². The van der Waals surface area contributed by atoms with Crippen molar-refractivity contribution in [2.75, 3.05) is 7.11 Å². The predicted molar refractivity (Wildman–Crippen MR) is 119 cm³/mol. The van der Waals surface area contributed by atoms with Gasteiger partial charge in [-0.3, -0.25) is 4.68 Å². The van der Waals surface area contributed by atoms with Crippen molar-refractivity contribution in [1.82, 2.24) is 24.9 Å². The number of hydrogen-bond acceptors (Lipinski definition) is 4. The molecule has 4 aromatic rings. The minimum absolute atomic E-state index is 0.658. The van der Waals surface area contributed by atoms with Gasteiger partial charge in [0.1, 0.15) is 5.75 Å². The van der Waals surface area contributed by atoms with Crippen LogP contribution in [0.25, 0.3) is 16.9 Å². The molecular weight excluding hydrogens is 398 g/mol. The molecule has 0 aliphatic heterocycles. The summed E-state index contributed by atoms with van der Waals surface area (Å²) in [6, 6.07) is 15.6. The molecule has 30 heavy (non-hydrogen) atoms. The minimum atomic E-state index is 0.658. The largest absolute Gasteiger partial charge is 0.497 e. The summed E-state index contributed by atoms with van der Waals surface area (Å²) >= 11 is 6.48. The number of aromatic nitrogens is 4. The van der Waals surface area contributed by atoms with E-state index in [0.29, 0.717) is 11.6 Å². The third-order valence-corrected chi connectivity index (χ3v) is 5.33. The second-order valence-corrected chi connectivity index (χ2v) is 7.55. The number of methoxy groups -OCH3 is 1. The van der Waals surface area contributed by atoms with Gasteiger partial charge in [-0.2, -0.15) is 10.2 Å². The Bertz CT molecular complexity index is 1150. The maximum absolute atomic E-state index is 6.48. The Hall–Kier alpha value is -3.09. The molecule has 4 rings (SSSR count). The quantitative estimate of drug-likeness (QED) is 0.476. The highest BCUT2D eigenvalue weighted by atomic mass is 35.5. The van der Waals surface area contributed by atoms with Gasteiger partial charge in [-0.1, -0.05) is 29.8 Å². The fourth-order valence-electron chi connectivity index (χ4n) is 3.44. The third kappa shape index (κ3) is 4.25. The van der Waals surface area contributed by atoms with Crippen LogP contribution in [0.1, 0.15) is 16.8 Å². The topological polar surface area (TPSA) is 56.9 Å². The second kappa shape index (κ2) is 8.73. The van der Waals surface area contributed by atoms with Gasteiger partial charge in [0, 0.05) is 49.2 Å². The molecule has 6 nitrogen and oxygen atoms in total. The van der Waals surface area contributed by atoms with Crippen molar-refractivity contribution in [2.24, 2.45) is 7.05 Å². The van der Waals surface area contributed by atoms with Crippen molar-refractivity contribution < 1.29 is 4.74 Å².